The zero-order chi connectivity index (χ0) is 19.5. The summed E-state index contributed by atoms with van der Waals surface area (Å²) in [5, 5.41) is 13.2. The lowest BCUT2D eigenvalue weighted by Gasteiger charge is -2.26. The lowest BCUT2D eigenvalue weighted by Crippen LogP contribution is -2.41. The number of hydrogen-bond donors (Lipinski definition) is 1. The highest BCUT2D eigenvalue weighted by Crippen LogP contribution is 2.40. The maximum Gasteiger partial charge on any atom is 0.418 e. The number of rotatable bonds is 6. The molecule has 1 fully saturated rings. The van der Waals surface area contributed by atoms with Gasteiger partial charge in [-0.3, -0.25) is 10.1 Å². The number of anilines is 1. The Bertz CT molecular complexity index is 772. The molecule has 12 heteroatoms. The molecule has 0 radical (unpaired) electrons. The van der Waals surface area contributed by atoms with Crippen molar-refractivity contribution in [1.29, 1.82) is 0 Å². The van der Waals surface area contributed by atoms with E-state index < -0.39 is 37.2 Å². The lowest BCUT2D eigenvalue weighted by molar-refractivity contribution is -0.384. The van der Waals surface area contributed by atoms with Gasteiger partial charge < -0.3 is 10.2 Å². The maximum absolute atomic E-state index is 12.8. The highest BCUT2D eigenvalue weighted by Gasteiger charge is 2.36. The third-order valence-electron chi connectivity index (χ3n) is 3.99. The summed E-state index contributed by atoms with van der Waals surface area (Å²) < 4.78 is 61.1. The van der Waals surface area contributed by atoms with Crippen molar-refractivity contribution in [2.75, 3.05) is 43.0 Å². The highest BCUT2D eigenvalue weighted by atomic mass is 35.5. The number of nitrogens with zero attached hydrogens (tertiary/aromatic N) is 2. The lowest BCUT2D eigenvalue weighted by atomic mass is 10.1. The van der Waals surface area contributed by atoms with Crippen molar-refractivity contribution in [3.63, 3.8) is 0 Å². The first-order valence-corrected chi connectivity index (χ1v) is 9.91. The molecule has 1 aromatic carbocycles. The van der Waals surface area contributed by atoms with E-state index in [0.717, 1.165) is 6.07 Å². The smallest absolute Gasteiger partial charge is 0.379 e. The molecule has 7 nitrogen and oxygen atoms in total. The van der Waals surface area contributed by atoms with Crippen molar-refractivity contribution in [3.8, 4) is 0 Å². The van der Waals surface area contributed by atoms with E-state index >= 15 is 0 Å². The minimum Gasteiger partial charge on any atom is -0.379 e. The summed E-state index contributed by atoms with van der Waals surface area (Å²) in [5.74, 6) is 0.195. The Morgan fingerprint density at radius 3 is 2.42 bits per heavy atom. The van der Waals surface area contributed by atoms with E-state index in [1.807, 2.05) is 4.90 Å². The molecular weight excluding hydrogens is 399 g/mol. The molecule has 2 rings (SSSR count). The summed E-state index contributed by atoms with van der Waals surface area (Å²) in [5.41, 5.74) is -2.05. The van der Waals surface area contributed by atoms with Crippen molar-refractivity contribution in [2.24, 2.45) is 0 Å². The van der Waals surface area contributed by atoms with Crippen molar-refractivity contribution in [2.45, 2.75) is 12.6 Å². The van der Waals surface area contributed by atoms with Gasteiger partial charge in [0, 0.05) is 25.7 Å². The second-order valence-corrected chi connectivity index (χ2v) is 8.59. The summed E-state index contributed by atoms with van der Waals surface area (Å²) >= 11 is 5.60. The van der Waals surface area contributed by atoms with Crippen LogP contribution < -0.4 is 5.32 Å². The van der Waals surface area contributed by atoms with Crippen LogP contribution in [0.4, 0.5) is 24.5 Å². The van der Waals surface area contributed by atoms with Gasteiger partial charge in [-0.1, -0.05) is 11.6 Å². The number of benzene rings is 1. The summed E-state index contributed by atoms with van der Waals surface area (Å²) in [6, 6.07) is 1.32. The quantitative estimate of drug-likeness (QED) is 0.436. The Kier molecular flexibility index (Phi) is 6.35. The summed E-state index contributed by atoms with van der Waals surface area (Å²) in [7, 11) is -2.96. The van der Waals surface area contributed by atoms with Gasteiger partial charge in [-0.05, 0) is 19.0 Å². The highest BCUT2D eigenvalue weighted by molar-refractivity contribution is 7.91. The Hall–Kier alpha value is -1.59. The molecule has 0 spiro atoms. The Balaban J connectivity index is 1.97. The van der Waals surface area contributed by atoms with Gasteiger partial charge >= 0.3 is 6.18 Å². The average Bonchev–Trinajstić information content (AvgIpc) is 2.51. The largest absolute Gasteiger partial charge is 0.418 e. The van der Waals surface area contributed by atoms with Crippen LogP contribution in [0.15, 0.2) is 12.1 Å². The molecular formula is C14H17ClF3N3O4S. The van der Waals surface area contributed by atoms with Crippen LogP contribution in [0.3, 0.4) is 0 Å². The van der Waals surface area contributed by atoms with Gasteiger partial charge in [0.25, 0.3) is 5.69 Å². The minimum atomic E-state index is -4.78. The van der Waals surface area contributed by atoms with Crippen molar-refractivity contribution < 1.29 is 26.5 Å². The predicted molar refractivity (Wildman–Crippen MR) is 91.3 cm³/mol. The molecule has 0 aliphatic carbocycles. The van der Waals surface area contributed by atoms with E-state index in [1.165, 1.54) is 0 Å². The van der Waals surface area contributed by atoms with Gasteiger partial charge in [-0.15, -0.1) is 0 Å². The SMILES string of the molecule is O=[N+]([O-])c1cc(C(F)(F)F)c(Cl)cc1NCCCN1CCS(=O)(=O)CC1. The standard InChI is InChI=1S/C14H17ClF3N3O4S/c15-11-9-12(13(21(22)23)8-10(11)14(16,17)18)19-2-1-3-20-4-6-26(24,25)7-5-20/h8-9,19H,1-7H2. The number of nitro groups is 1. The van der Waals surface area contributed by atoms with Gasteiger partial charge in [-0.25, -0.2) is 8.42 Å². The van der Waals surface area contributed by atoms with E-state index in [4.69, 9.17) is 11.6 Å². The first kappa shape index (κ1) is 20.7. The number of nitro benzene ring substituents is 1. The molecule has 0 unspecified atom stereocenters. The van der Waals surface area contributed by atoms with Crippen LogP contribution in [0.1, 0.15) is 12.0 Å². The number of nitrogens with one attached hydrogen (secondary N) is 1. The fourth-order valence-corrected chi connectivity index (χ4v) is 4.12. The van der Waals surface area contributed by atoms with Gasteiger partial charge in [0.15, 0.2) is 9.84 Å². The van der Waals surface area contributed by atoms with Crippen LogP contribution in [-0.2, 0) is 16.0 Å². The maximum atomic E-state index is 12.8. The first-order chi connectivity index (χ1) is 12.0. The second kappa shape index (κ2) is 7.97. The molecule has 26 heavy (non-hydrogen) atoms. The van der Waals surface area contributed by atoms with Gasteiger partial charge in [0.1, 0.15) is 5.69 Å². The molecule has 0 amide bonds. The molecule has 1 heterocycles. The summed E-state index contributed by atoms with van der Waals surface area (Å²) in [6.45, 7) is 1.69. The number of halogens is 4. The number of hydrogen-bond acceptors (Lipinski definition) is 6. The molecule has 1 N–H and O–H groups in total. The van der Waals surface area contributed by atoms with Crippen LogP contribution in [0.5, 0.6) is 0 Å². The average molecular weight is 416 g/mol. The van der Waals surface area contributed by atoms with Crippen molar-refractivity contribution >= 4 is 32.8 Å². The van der Waals surface area contributed by atoms with Gasteiger partial charge in [0.2, 0.25) is 0 Å². The third-order valence-corrected chi connectivity index (χ3v) is 5.91. The van der Waals surface area contributed by atoms with E-state index in [9.17, 15) is 31.7 Å². The third kappa shape index (κ3) is 5.45. The molecule has 0 atom stereocenters. The van der Waals surface area contributed by atoms with Gasteiger partial charge in [-0.2, -0.15) is 13.2 Å². The Labute approximate surface area is 153 Å². The predicted octanol–water partition coefficient (Wildman–Crippen LogP) is 2.80. The molecule has 0 bridgehead atoms. The summed E-state index contributed by atoms with van der Waals surface area (Å²) in [6.07, 6.45) is -4.25. The van der Waals surface area contributed by atoms with Crippen molar-refractivity contribution in [3.05, 3.63) is 32.8 Å². The molecule has 0 aromatic heterocycles. The zero-order valence-corrected chi connectivity index (χ0v) is 15.1. The van der Waals surface area contributed by atoms with E-state index in [1.54, 1.807) is 0 Å². The molecule has 0 saturated carbocycles. The molecule has 1 aliphatic rings. The van der Waals surface area contributed by atoms with Crippen LogP contribution in [-0.4, -0.2) is 55.9 Å². The fourth-order valence-electron chi connectivity index (χ4n) is 2.57. The summed E-state index contributed by atoms with van der Waals surface area (Å²) in [4.78, 5) is 12.1. The van der Waals surface area contributed by atoms with Crippen molar-refractivity contribution in [1.82, 2.24) is 4.90 Å². The molecule has 1 aliphatic heterocycles. The van der Waals surface area contributed by atoms with E-state index in [2.05, 4.69) is 5.32 Å². The van der Waals surface area contributed by atoms with Crippen LogP contribution >= 0.6 is 11.6 Å². The van der Waals surface area contributed by atoms with E-state index in [-0.39, 0.29) is 23.7 Å². The first-order valence-electron chi connectivity index (χ1n) is 7.71. The van der Waals surface area contributed by atoms with Crippen LogP contribution in [0.2, 0.25) is 5.02 Å². The van der Waals surface area contributed by atoms with E-state index in [0.29, 0.717) is 32.1 Å². The molecule has 1 saturated heterocycles. The Morgan fingerprint density at radius 2 is 1.88 bits per heavy atom. The fraction of sp³-hybridized carbons (Fsp3) is 0.571. The van der Waals surface area contributed by atoms with Crippen LogP contribution in [0.25, 0.3) is 0 Å². The normalized spacial score (nSPS) is 17.8. The zero-order valence-electron chi connectivity index (χ0n) is 13.6. The minimum absolute atomic E-state index is 0.0887. The van der Waals surface area contributed by atoms with Crippen LogP contribution in [0, 0.1) is 10.1 Å². The number of sulfone groups is 1. The topological polar surface area (TPSA) is 92.6 Å². The monoisotopic (exact) mass is 415 g/mol. The van der Waals surface area contributed by atoms with Gasteiger partial charge in [0.05, 0.1) is 27.0 Å². The molecule has 146 valence electrons. The molecule has 1 aromatic rings. The second-order valence-electron chi connectivity index (χ2n) is 5.88. The Morgan fingerprint density at radius 1 is 1.27 bits per heavy atom. The number of alkyl halides is 3.